The molecule has 1 aliphatic rings. The molecule has 3 nitrogen and oxygen atoms in total. The number of hydrogen-bond acceptors (Lipinski definition) is 4. The van der Waals surface area contributed by atoms with Gasteiger partial charge in [-0.25, -0.2) is 0 Å². The van der Waals surface area contributed by atoms with E-state index in [1.807, 2.05) is 12.1 Å². The van der Waals surface area contributed by atoms with E-state index in [9.17, 15) is 9.90 Å². The van der Waals surface area contributed by atoms with Crippen molar-refractivity contribution in [2.45, 2.75) is 16.9 Å². The van der Waals surface area contributed by atoms with E-state index in [0.29, 0.717) is 11.3 Å². The van der Waals surface area contributed by atoms with Crippen molar-refractivity contribution in [3.05, 3.63) is 29.8 Å². The van der Waals surface area contributed by atoms with Gasteiger partial charge in [-0.1, -0.05) is 18.2 Å². The summed E-state index contributed by atoms with van der Waals surface area (Å²) in [5, 5.41) is 18.9. The lowest BCUT2D eigenvalue weighted by Gasteiger charge is -2.30. The van der Waals surface area contributed by atoms with Gasteiger partial charge in [0, 0.05) is 29.2 Å². The molecule has 15 heavy (non-hydrogen) atoms. The summed E-state index contributed by atoms with van der Waals surface area (Å²) in [7, 11) is 0. The standard InChI is InChI=1S/C11H12O3S/c12-6-5-11(14)7-15-9-4-2-1-3-8(9)10(11)13/h1-4,12,14H,5-7H2. The molecular formula is C11H12O3S. The van der Waals surface area contributed by atoms with Gasteiger partial charge in [0.2, 0.25) is 0 Å². The van der Waals surface area contributed by atoms with Crippen molar-refractivity contribution in [1.29, 1.82) is 0 Å². The number of rotatable bonds is 2. The molecule has 2 N–H and O–H groups in total. The highest BCUT2D eigenvalue weighted by Gasteiger charge is 2.40. The molecule has 0 spiro atoms. The molecule has 1 aliphatic heterocycles. The largest absolute Gasteiger partial charge is 0.396 e. The zero-order valence-corrected chi connectivity index (χ0v) is 8.96. The smallest absolute Gasteiger partial charge is 0.196 e. The first-order valence-corrected chi connectivity index (χ1v) is 5.76. The summed E-state index contributed by atoms with van der Waals surface area (Å²) in [6.45, 7) is -0.176. The number of fused-ring (bicyclic) bond motifs is 1. The fourth-order valence-electron chi connectivity index (χ4n) is 1.66. The highest BCUT2D eigenvalue weighted by Crippen LogP contribution is 2.36. The quantitative estimate of drug-likeness (QED) is 0.789. The molecule has 0 aliphatic carbocycles. The number of benzene rings is 1. The van der Waals surface area contributed by atoms with Gasteiger partial charge in [0.1, 0.15) is 5.60 Å². The van der Waals surface area contributed by atoms with E-state index in [0.717, 1.165) is 4.90 Å². The number of aliphatic hydroxyl groups is 2. The number of ketones is 1. The molecule has 4 heteroatoms. The first-order valence-electron chi connectivity index (χ1n) is 4.77. The fraction of sp³-hybridized carbons (Fsp3) is 0.364. The van der Waals surface area contributed by atoms with E-state index in [1.54, 1.807) is 12.1 Å². The van der Waals surface area contributed by atoms with Crippen molar-refractivity contribution in [1.82, 2.24) is 0 Å². The van der Waals surface area contributed by atoms with Crippen LogP contribution >= 0.6 is 11.8 Å². The fourth-order valence-corrected chi connectivity index (χ4v) is 2.82. The number of carbonyl (C=O) groups excluding carboxylic acids is 1. The maximum absolute atomic E-state index is 12.0. The zero-order valence-electron chi connectivity index (χ0n) is 8.14. The highest BCUT2D eigenvalue weighted by molar-refractivity contribution is 7.99. The van der Waals surface area contributed by atoms with Crippen LogP contribution in [-0.2, 0) is 0 Å². The van der Waals surface area contributed by atoms with Crippen molar-refractivity contribution >= 4 is 17.5 Å². The van der Waals surface area contributed by atoms with Gasteiger partial charge in [-0.15, -0.1) is 11.8 Å². The molecule has 0 saturated carbocycles. The second-order valence-corrected chi connectivity index (χ2v) is 4.64. The molecule has 0 bridgehead atoms. The molecule has 80 valence electrons. The van der Waals surface area contributed by atoms with Crippen LogP contribution in [0.2, 0.25) is 0 Å². The summed E-state index contributed by atoms with van der Waals surface area (Å²) in [5.74, 6) is 0.0505. The molecule has 0 amide bonds. The van der Waals surface area contributed by atoms with Crippen LogP contribution in [0.25, 0.3) is 0 Å². The Bertz CT molecular complexity index is 391. The Hall–Kier alpha value is -0.840. The molecular weight excluding hydrogens is 212 g/mol. The third-order valence-corrected chi connectivity index (χ3v) is 3.84. The average Bonchev–Trinajstić information content (AvgIpc) is 2.25. The lowest BCUT2D eigenvalue weighted by atomic mass is 9.91. The number of aliphatic hydroxyl groups excluding tert-OH is 1. The van der Waals surface area contributed by atoms with E-state index >= 15 is 0 Å². The summed E-state index contributed by atoms with van der Waals surface area (Å²) in [6, 6.07) is 7.24. The van der Waals surface area contributed by atoms with Gasteiger partial charge in [-0.2, -0.15) is 0 Å². The Kier molecular flexibility index (Phi) is 2.82. The van der Waals surface area contributed by atoms with E-state index < -0.39 is 5.60 Å². The lowest BCUT2D eigenvalue weighted by molar-refractivity contribution is 0.0297. The van der Waals surface area contributed by atoms with Gasteiger partial charge in [0.15, 0.2) is 5.78 Å². The van der Waals surface area contributed by atoms with E-state index in [1.165, 1.54) is 11.8 Å². The topological polar surface area (TPSA) is 57.5 Å². The predicted molar refractivity (Wildman–Crippen MR) is 58.1 cm³/mol. The molecule has 1 aromatic carbocycles. The Morgan fingerprint density at radius 2 is 2.13 bits per heavy atom. The van der Waals surface area contributed by atoms with Crippen LogP contribution in [-0.4, -0.2) is 34.0 Å². The average molecular weight is 224 g/mol. The molecule has 1 atom stereocenters. The van der Waals surface area contributed by atoms with Crippen LogP contribution in [0.5, 0.6) is 0 Å². The minimum Gasteiger partial charge on any atom is -0.396 e. The number of thioether (sulfide) groups is 1. The second kappa shape index (κ2) is 3.96. The van der Waals surface area contributed by atoms with Gasteiger partial charge in [0.05, 0.1) is 0 Å². The van der Waals surface area contributed by atoms with Gasteiger partial charge in [0.25, 0.3) is 0 Å². The number of hydrogen-bond donors (Lipinski definition) is 2. The van der Waals surface area contributed by atoms with Crippen molar-refractivity contribution in [3.63, 3.8) is 0 Å². The van der Waals surface area contributed by atoms with Crippen molar-refractivity contribution < 1.29 is 15.0 Å². The second-order valence-electron chi connectivity index (χ2n) is 3.62. The molecule has 1 heterocycles. The summed E-state index contributed by atoms with van der Waals surface area (Å²) in [4.78, 5) is 12.9. The molecule has 0 fully saturated rings. The molecule has 1 unspecified atom stereocenters. The van der Waals surface area contributed by atoms with Gasteiger partial charge < -0.3 is 10.2 Å². The molecule has 0 radical (unpaired) electrons. The number of Topliss-reactive ketones (excluding diaryl/α,β-unsaturated/α-hetero) is 1. The lowest BCUT2D eigenvalue weighted by Crippen LogP contribution is -2.44. The predicted octanol–water partition coefficient (Wildman–Crippen LogP) is 1.09. The van der Waals surface area contributed by atoms with Crippen molar-refractivity contribution in [3.8, 4) is 0 Å². The molecule has 1 aromatic rings. The van der Waals surface area contributed by atoms with Gasteiger partial charge in [-0.05, 0) is 6.07 Å². The number of carbonyl (C=O) groups is 1. The van der Waals surface area contributed by atoms with Crippen LogP contribution in [0.3, 0.4) is 0 Å². The van der Waals surface area contributed by atoms with Crippen LogP contribution < -0.4 is 0 Å². The normalized spacial score (nSPS) is 25.1. The Morgan fingerprint density at radius 3 is 2.87 bits per heavy atom. The first-order chi connectivity index (χ1) is 7.17. The summed E-state index contributed by atoms with van der Waals surface area (Å²) in [5.41, 5.74) is -0.835. The van der Waals surface area contributed by atoms with E-state index in [-0.39, 0.29) is 18.8 Å². The SMILES string of the molecule is O=C1c2ccccc2SCC1(O)CCO. The molecule has 0 saturated heterocycles. The van der Waals surface area contributed by atoms with Crippen LogP contribution in [0, 0.1) is 0 Å². The Balaban J connectivity index is 2.37. The summed E-state index contributed by atoms with van der Waals surface area (Å²) in [6.07, 6.45) is 0.104. The minimum atomic E-state index is -1.40. The minimum absolute atomic E-state index is 0.104. The first kappa shape index (κ1) is 10.7. The maximum atomic E-state index is 12.0. The maximum Gasteiger partial charge on any atom is 0.196 e. The summed E-state index contributed by atoms with van der Waals surface area (Å²) < 4.78 is 0. The highest BCUT2D eigenvalue weighted by atomic mass is 32.2. The molecule has 0 aromatic heterocycles. The Labute approximate surface area is 92.1 Å². The van der Waals surface area contributed by atoms with Gasteiger partial charge >= 0.3 is 0 Å². The Morgan fingerprint density at radius 1 is 1.40 bits per heavy atom. The van der Waals surface area contributed by atoms with Crippen LogP contribution in [0.15, 0.2) is 29.2 Å². The monoisotopic (exact) mass is 224 g/mol. The summed E-state index contributed by atoms with van der Waals surface area (Å²) >= 11 is 1.46. The van der Waals surface area contributed by atoms with Crippen LogP contribution in [0.4, 0.5) is 0 Å². The molecule has 2 rings (SSSR count). The third kappa shape index (κ3) is 1.80. The van der Waals surface area contributed by atoms with E-state index in [4.69, 9.17) is 5.11 Å². The van der Waals surface area contributed by atoms with Crippen molar-refractivity contribution in [2.75, 3.05) is 12.4 Å². The van der Waals surface area contributed by atoms with Crippen LogP contribution in [0.1, 0.15) is 16.8 Å². The zero-order chi connectivity index (χ0) is 10.9. The third-order valence-electron chi connectivity index (χ3n) is 2.55. The van der Waals surface area contributed by atoms with E-state index in [2.05, 4.69) is 0 Å². The van der Waals surface area contributed by atoms with Gasteiger partial charge in [-0.3, -0.25) is 4.79 Å². The van der Waals surface area contributed by atoms with Crippen molar-refractivity contribution in [2.24, 2.45) is 0 Å².